The summed E-state index contributed by atoms with van der Waals surface area (Å²) in [6.07, 6.45) is 1.75. The Morgan fingerprint density at radius 2 is 2.04 bits per heavy atom. The first-order chi connectivity index (χ1) is 11.8. The molecule has 2 N–H and O–H groups in total. The lowest BCUT2D eigenvalue weighted by atomic mass is 9.94. The molecule has 0 aliphatic rings. The van der Waals surface area contributed by atoms with Gasteiger partial charge in [-0.3, -0.25) is 0 Å². The third-order valence-corrected chi connectivity index (χ3v) is 3.74. The molecule has 0 spiro atoms. The molecule has 0 saturated heterocycles. The minimum absolute atomic E-state index is 0. The second-order valence-corrected chi connectivity index (χ2v) is 7.07. The Balaban J connectivity index is 0.00000338. The van der Waals surface area contributed by atoms with Gasteiger partial charge in [-0.1, -0.05) is 38.4 Å². The Hall–Kier alpha value is -1.35. The quantitative estimate of drug-likeness (QED) is 0.361. The number of hydrogen-bond donors (Lipinski definition) is 2. The van der Waals surface area contributed by atoms with Gasteiger partial charge in [0.2, 0.25) is 5.89 Å². The molecule has 0 fully saturated rings. The zero-order valence-electron chi connectivity index (χ0n) is 15.4. The summed E-state index contributed by atoms with van der Waals surface area (Å²) in [5.41, 5.74) is 0.751. The van der Waals surface area contributed by atoms with Crippen LogP contribution in [0.1, 0.15) is 44.9 Å². The lowest BCUT2D eigenvalue weighted by Gasteiger charge is -2.13. The summed E-state index contributed by atoms with van der Waals surface area (Å²) in [4.78, 5) is 8.75. The monoisotopic (exact) mass is 494 g/mol. The van der Waals surface area contributed by atoms with Crippen molar-refractivity contribution in [1.29, 1.82) is 0 Å². The molecule has 0 amide bonds. The Kier molecular flexibility index (Phi) is 8.82. The number of guanidine groups is 1. The summed E-state index contributed by atoms with van der Waals surface area (Å²) in [6.45, 7) is 9.72. The van der Waals surface area contributed by atoms with Crippen LogP contribution in [0.2, 0.25) is 5.02 Å². The van der Waals surface area contributed by atoms with Crippen LogP contribution in [-0.2, 0) is 18.5 Å². The Morgan fingerprint density at radius 1 is 1.31 bits per heavy atom. The minimum Gasteiger partial charge on any atom is -0.443 e. The van der Waals surface area contributed by atoms with Gasteiger partial charge in [-0.05, 0) is 24.6 Å². The van der Waals surface area contributed by atoms with E-state index in [0.717, 1.165) is 17.9 Å². The maximum Gasteiger partial charge on any atom is 0.213 e. The van der Waals surface area contributed by atoms with Crippen molar-refractivity contribution in [2.75, 3.05) is 6.54 Å². The fourth-order valence-corrected chi connectivity index (χ4v) is 2.25. The van der Waals surface area contributed by atoms with Crippen LogP contribution in [-0.4, -0.2) is 17.5 Å². The molecule has 2 rings (SSSR count). The number of hydrogen-bond acceptors (Lipinski definition) is 3. The van der Waals surface area contributed by atoms with Gasteiger partial charge in [0.1, 0.15) is 11.6 Å². The van der Waals surface area contributed by atoms with Crippen molar-refractivity contribution in [3.05, 3.63) is 52.5 Å². The zero-order chi connectivity index (χ0) is 18.4. The molecule has 0 atom stereocenters. The van der Waals surface area contributed by atoms with Crippen LogP contribution < -0.4 is 10.6 Å². The first kappa shape index (κ1) is 22.7. The van der Waals surface area contributed by atoms with Gasteiger partial charge >= 0.3 is 0 Å². The average Bonchev–Trinajstić information content (AvgIpc) is 3.02. The minimum atomic E-state index is -0.432. The number of halogens is 3. The molecule has 5 nitrogen and oxygen atoms in total. The number of aromatic nitrogens is 1. The number of nitrogens with one attached hydrogen (secondary N) is 2. The summed E-state index contributed by atoms with van der Waals surface area (Å²) in [5.74, 6) is 1.63. The maximum atomic E-state index is 13.2. The highest BCUT2D eigenvalue weighted by atomic mass is 127. The fourth-order valence-electron chi connectivity index (χ4n) is 2.05. The molecule has 144 valence electrons. The van der Waals surface area contributed by atoms with Crippen LogP contribution in [0, 0.1) is 5.82 Å². The summed E-state index contributed by atoms with van der Waals surface area (Å²) < 4.78 is 19.0. The highest BCUT2D eigenvalue weighted by Crippen LogP contribution is 2.22. The van der Waals surface area contributed by atoms with Crippen LogP contribution in [0.3, 0.4) is 0 Å². The van der Waals surface area contributed by atoms with Gasteiger partial charge in [0.05, 0.1) is 24.3 Å². The fraction of sp³-hybridized carbons (Fsp3) is 0.444. The van der Waals surface area contributed by atoms with Crippen LogP contribution in [0.15, 0.2) is 33.8 Å². The Bertz CT molecular complexity index is 743. The third kappa shape index (κ3) is 6.75. The Labute approximate surface area is 175 Å². The van der Waals surface area contributed by atoms with E-state index in [4.69, 9.17) is 16.0 Å². The van der Waals surface area contributed by atoms with Crippen molar-refractivity contribution in [2.45, 2.75) is 46.2 Å². The van der Waals surface area contributed by atoms with Crippen molar-refractivity contribution < 1.29 is 8.81 Å². The zero-order valence-corrected chi connectivity index (χ0v) is 18.5. The van der Waals surface area contributed by atoms with E-state index in [-0.39, 0.29) is 34.4 Å². The number of nitrogens with zero attached hydrogens (tertiary/aromatic N) is 2. The highest BCUT2D eigenvalue weighted by molar-refractivity contribution is 14.0. The van der Waals surface area contributed by atoms with E-state index in [1.165, 1.54) is 6.07 Å². The lowest BCUT2D eigenvalue weighted by molar-refractivity contribution is 0.379. The maximum absolute atomic E-state index is 13.2. The number of aliphatic imine (C=N–C) groups is 1. The highest BCUT2D eigenvalue weighted by Gasteiger charge is 2.19. The Morgan fingerprint density at radius 3 is 2.62 bits per heavy atom. The second kappa shape index (κ2) is 10.1. The van der Waals surface area contributed by atoms with Crippen molar-refractivity contribution in [3.8, 4) is 0 Å². The molecule has 0 aliphatic carbocycles. The summed E-state index contributed by atoms with van der Waals surface area (Å²) in [7, 11) is 0. The molecule has 1 aromatic carbocycles. The molecular formula is C18H25ClFIN4O. The topological polar surface area (TPSA) is 62.5 Å². The summed E-state index contributed by atoms with van der Waals surface area (Å²) in [5, 5.41) is 6.42. The SMILES string of the molecule is CCNC(=NCc1ccc(F)c(Cl)c1)NCc1ncc(C(C)(C)C)o1.I. The molecular weight excluding hydrogens is 470 g/mol. The first-order valence-electron chi connectivity index (χ1n) is 8.21. The van der Waals surface area contributed by atoms with E-state index in [1.54, 1.807) is 18.3 Å². The lowest BCUT2D eigenvalue weighted by Crippen LogP contribution is -2.36. The van der Waals surface area contributed by atoms with Gasteiger partial charge in [-0.2, -0.15) is 0 Å². The first-order valence-corrected chi connectivity index (χ1v) is 8.58. The molecule has 2 aromatic rings. The molecule has 26 heavy (non-hydrogen) atoms. The third-order valence-electron chi connectivity index (χ3n) is 3.45. The predicted molar refractivity (Wildman–Crippen MR) is 114 cm³/mol. The molecule has 0 radical (unpaired) electrons. The van der Waals surface area contributed by atoms with Gasteiger partial charge in [-0.25, -0.2) is 14.4 Å². The largest absolute Gasteiger partial charge is 0.443 e. The van der Waals surface area contributed by atoms with Gasteiger partial charge in [0, 0.05) is 12.0 Å². The van der Waals surface area contributed by atoms with Crippen molar-refractivity contribution in [2.24, 2.45) is 4.99 Å². The predicted octanol–water partition coefficient (Wildman–Crippen LogP) is 4.64. The number of oxazole rings is 1. The molecule has 1 aromatic heterocycles. The van der Waals surface area contributed by atoms with E-state index in [2.05, 4.69) is 41.4 Å². The molecule has 0 saturated carbocycles. The van der Waals surface area contributed by atoms with Gasteiger partial charge in [0.15, 0.2) is 5.96 Å². The smallest absolute Gasteiger partial charge is 0.213 e. The number of rotatable bonds is 5. The summed E-state index contributed by atoms with van der Waals surface area (Å²) in [6, 6.07) is 4.58. The molecule has 0 bridgehead atoms. The molecule has 0 aliphatic heterocycles. The van der Waals surface area contributed by atoms with Crippen LogP contribution in [0.5, 0.6) is 0 Å². The van der Waals surface area contributed by atoms with Crippen LogP contribution >= 0.6 is 35.6 Å². The average molecular weight is 495 g/mol. The van der Waals surface area contributed by atoms with Crippen molar-refractivity contribution >= 4 is 41.5 Å². The summed E-state index contributed by atoms with van der Waals surface area (Å²) >= 11 is 5.80. The van der Waals surface area contributed by atoms with Crippen molar-refractivity contribution in [1.82, 2.24) is 15.6 Å². The van der Waals surface area contributed by atoms with Gasteiger partial charge in [0.25, 0.3) is 0 Å². The second-order valence-electron chi connectivity index (χ2n) is 6.67. The molecule has 1 heterocycles. The van der Waals surface area contributed by atoms with E-state index < -0.39 is 5.82 Å². The van der Waals surface area contributed by atoms with E-state index >= 15 is 0 Å². The number of benzene rings is 1. The van der Waals surface area contributed by atoms with E-state index in [9.17, 15) is 4.39 Å². The normalized spacial score (nSPS) is 11.8. The van der Waals surface area contributed by atoms with Crippen LogP contribution in [0.4, 0.5) is 4.39 Å². The standard InChI is InChI=1S/C18H24ClFN4O.HI/c1-5-21-17(23-9-12-6-7-14(20)13(19)8-12)24-11-16-22-10-15(25-16)18(2,3)4;/h6-8,10H,5,9,11H2,1-4H3,(H2,21,23,24);1H. The molecule has 8 heteroatoms. The van der Waals surface area contributed by atoms with E-state index in [1.807, 2.05) is 6.92 Å². The van der Waals surface area contributed by atoms with Gasteiger partial charge in [-0.15, -0.1) is 24.0 Å². The molecule has 0 unspecified atom stereocenters. The van der Waals surface area contributed by atoms with Crippen LogP contribution in [0.25, 0.3) is 0 Å². The van der Waals surface area contributed by atoms with Crippen molar-refractivity contribution in [3.63, 3.8) is 0 Å². The van der Waals surface area contributed by atoms with E-state index in [0.29, 0.717) is 24.9 Å². The van der Waals surface area contributed by atoms with Gasteiger partial charge < -0.3 is 15.1 Å².